The Kier molecular flexibility index (Phi) is 6.20. The maximum absolute atomic E-state index is 12.6. The summed E-state index contributed by atoms with van der Waals surface area (Å²) in [6, 6.07) is 0. The summed E-state index contributed by atoms with van der Waals surface area (Å²) in [5, 5.41) is 0. The summed E-state index contributed by atoms with van der Waals surface area (Å²) < 4.78 is 0. The van der Waals surface area contributed by atoms with E-state index in [9.17, 15) is 9.59 Å². The van der Waals surface area contributed by atoms with Crippen LogP contribution in [-0.2, 0) is 9.59 Å². The van der Waals surface area contributed by atoms with Crippen molar-refractivity contribution in [3.8, 4) is 0 Å². The van der Waals surface area contributed by atoms with Gasteiger partial charge >= 0.3 is 0 Å². The van der Waals surface area contributed by atoms with Crippen molar-refractivity contribution in [1.29, 1.82) is 0 Å². The molecule has 0 radical (unpaired) electrons. The van der Waals surface area contributed by atoms with E-state index >= 15 is 0 Å². The molecule has 1 heterocycles. The SMILES string of the molecule is CC(C)C(=O)C(C)C(C)C(=O)N1CCCC(NN)=C(N)C1. The predicted molar refractivity (Wildman–Crippen MR) is 82.5 cm³/mol. The summed E-state index contributed by atoms with van der Waals surface area (Å²) in [4.78, 5) is 26.4. The summed E-state index contributed by atoms with van der Waals surface area (Å²) in [6.07, 6.45) is 1.55. The molecule has 0 bridgehead atoms. The van der Waals surface area contributed by atoms with E-state index in [1.165, 1.54) is 0 Å². The van der Waals surface area contributed by atoms with Crippen LogP contribution in [0.15, 0.2) is 11.4 Å². The van der Waals surface area contributed by atoms with E-state index in [1.54, 1.807) is 4.90 Å². The van der Waals surface area contributed by atoms with Crippen molar-refractivity contribution < 1.29 is 9.59 Å². The first-order valence-corrected chi connectivity index (χ1v) is 7.56. The number of ketones is 1. The average Bonchev–Trinajstić information content (AvgIpc) is 2.65. The van der Waals surface area contributed by atoms with Crippen molar-refractivity contribution in [3.63, 3.8) is 0 Å². The molecule has 0 spiro atoms. The van der Waals surface area contributed by atoms with Crippen molar-refractivity contribution >= 4 is 11.7 Å². The number of carbonyl (C=O) groups is 2. The number of rotatable bonds is 5. The monoisotopic (exact) mass is 296 g/mol. The summed E-state index contributed by atoms with van der Waals surface area (Å²) in [7, 11) is 0. The van der Waals surface area contributed by atoms with Crippen LogP contribution in [0.5, 0.6) is 0 Å². The van der Waals surface area contributed by atoms with Crippen LogP contribution in [0, 0.1) is 17.8 Å². The van der Waals surface area contributed by atoms with E-state index in [0.717, 1.165) is 18.5 Å². The third kappa shape index (κ3) is 4.20. The van der Waals surface area contributed by atoms with Gasteiger partial charge < -0.3 is 16.1 Å². The van der Waals surface area contributed by atoms with E-state index in [2.05, 4.69) is 5.43 Å². The number of nitrogens with two attached hydrogens (primary N) is 2. The third-order valence-electron chi connectivity index (χ3n) is 4.25. The lowest BCUT2D eigenvalue weighted by molar-refractivity contribution is -0.140. The Morgan fingerprint density at radius 1 is 1.19 bits per heavy atom. The normalized spacial score (nSPS) is 19.2. The molecule has 120 valence electrons. The first-order chi connectivity index (χ1) is 9.79. The third-order valence-corrected chi connectivity index (χ3v) is 4.25. The topological polar surface area (TPSA) is 101 Å². The van der Waals surface area contributed by atoms with Gasteiger partial charge in [-0.25, -0.2) is 0 Å². The maximum atomic E-state index is 12.6. The first-order valence-electron chi connectivity index (χ1n) is 7.56. The van der Waals surface area contributed by atoms with E-state index in [-0.39, 0.29) is 29.4 Å². The number of hydrogen-bond acceptors (Lipinski definition) is 5. The van der Waals surface area contributed by atoms with Crippen molar-refractivity contribution in [2.45, 2.75) is 40.5 Å². The van der Waals surface area contributed by atoms with Crippen molar-refractivity contribution in [2.75, 3.05) is 13.1 Å². The Morgan fingerprint density at radius 3 is 2.33 bits per heavy atom. The maximum Gasteiger partial charge on any atom is 0.226 e. The Hall–Kier alpha value is -1.56. The zero-order chi connectivity index (χ0) is 16.2. The largest absolute Gasteiger partial charge is 0.399 e. The van der Waals surface area contributed by atoms with Crippen LogP contribution in [0.4, 0.5) is 0 Å². The van der Waals surface area contributed by atoms with Crippen molar-refractivity contribution in [3.05, 3.63) is 11.4 Å². The fraction of sp³-hybridized carbons (Fsp3) is 0.733. The molecule has 2 atom stereocenters. The molecule has 0 aromatic rings. The Bertz CT molecular complexity index is 431. The van der Waals surface area contributed by atoms with Gasteiger partial charge in [0.05, 0.1) is 6.54 Å². The minimum absolute atomic E-state index is 0.0160. The van der Waals surface area contributed by atoms with Gasteiger partial charge in [0.1, 0.15) is 5.78 Å². The number of nitrogens with one attached hydrogen (secondary N) is 1. The zero-order valence-electron chi connectivity index (χ0n) is 13.5. The van der Waals surface area contributed by atoms with Gasteiger partial charge in [0.2, 0.25) is 5.91 Å². The zero-order valence-corrected chi connectivity index (χ0v) is 13.5. The molecule has 0 saturated heterocycles. The summed E-state index contributed by atoms with van der Waals surface area (Å²) >= 11 is 0. The molecule has 6 nitrogen and oxygen atoms in total. The van der Waals surface area contributed by atoms with Gasteiger partial charge in [-0.15, -0.1) is 0 Å². The molecule has 6 heteroatoms. The average molecular weight is 296 g/mol. The highest BCUT2D eigenvalue weighted by atomic mass is 16.2. The molecule has 1 aliphatic rings. The van der Waals surface area contributed by atoms with Gasteiger partial charge in [0, 0.05) is 35.7 Å². The quantitative estimate of drug-likeness (QED) is 0.513. The number of nitrogens with zero attached hydrogens (tertiary/aromatic N) is 1. The second kappa shape index (κ2) is 7.45. The molecule has 21 heavy (non-hydrogen) atoms. The van der Waals surface area contributed by atoms with Gasteiger partial charge in [-0.05, 0) is 12.8 Å². The van der Waals surface area contributed by atoms with Crippen LogP contribution < -0.4 is 17.0 Å². The molecule has 5 N–H and O–H groups in total. The van der Waals surface area contributed by atoms with Gasteiger partial charge in [-0.3, -0.25) is 15.4 Å². The number of allylic oxidation sites excluding steroid dienone is 1. The second-order valence-electron chi connectivity index (χ2n) is 6.15. The van der Waals surface area contributed by atoms with E-state index in [0.29, 0.717) is 18.8 Å². The lowest BCUT2D eigenvalue weighted by atomic mass is 9.86. The molecule has 0 fully saturated rings. The summed E-state index contributed by atoms with van der Waals surface area (Å²) in [5.41, 5.74) is 9.97. The standard InChI is InChI=1S/C15H28N4O2/c1-9(2)14(20)10(3)11(4)15(21)19-7-5-6-13(18-17)12(16)8-19/h9-11,18H,5-8,16-17H2,1-4H3. The molecular weight excluding hydrogens is 268 g/mol. The smallest absolute Gasteiger partial charge is 0.226 e. The van der Waals surface area contributed by atoms with Gasteiger partial charge in [-0.2, -0.15) is 0 Å². The van der Waals surface area contributed by atoms with E-state index in [1.807, 2.05) is 27.7 Å². The molecule has 0 saturated carbocycles. The van der Waals surface area contributed by atoms with E-state index < -0.39 is 0 Å². The van der Waals surface area contributed by atoms with Crippen LogP contribution in [0.2, 0.25) is 0 Å². The van der Waals surface area contributed by atoms with Crippen LogP contribution in [-0.4, -0.2) is 29.7 Å². The number of hydrogen-bond donors (Lipinski definition) is 3. The molecule has 1 aliphatic heterocycles. The number of Topliss-reactive ketones (excluding diaryl/α,β-unsaturated/α-hetero) is 1. The lowest BCUT2D eigenvalue weighted by Crippen LogP contribution is -2.41. The summed E-state index contributed by atoms with van der Waals surface area (Å²) in [6.45, 7) is 8.38. The number of amides is 1. The highest BCUT2D eigenvalue weighted by Crippen LogP contribution is 2.21. The Labute approximate surface area is 126 Å². The number of hydrazine groups is 1. The number of carbonyl (C=O) groups excluding carboxylic acids is 2. The van der Waals surface area contributed by atoms with Crippen LogP contribution in [0.1, 0.15) is 40.5 Å². The second-order valence-corrected chi connectivity index (χ2v) is 6.15. The van der Waals surface area contributed by atoms with Crippen molar-refractivity contribution in [1.82, 2.24) is 10.3 Å². The van der Waals surface area contributed by atoms with Crippen LogP contribution in [0.25, 0.3) is 0 Å². The minimum Gasteiger partial charge on any atom is -0.399 e. The molecule has 1 rings (SSSR count). The highest BCUT2D eigenvalue weighted by Gasteiger charge is 2.31. The summed E-state index contributed by atoms with van der Waals surface area (Å²) in [5.74, 6) is 4.87. The van der Waals surface area contributed by atoms with Gasteiger partial charge in [0.25, 0.3) is 0 Å². The molecule has 0 aromatic heterocycles. The minimum atomic E-state index is -0.333. The Morgan fingerprint density at radius 2 is 1.81 bits per heavy atom. The van der Waals surface area contributed by atoms with Crippen LogP contribution in [0.3, 0.4) is 0 Å². The van der Waals surface area contributed by atoms with Crippen molar-refractivity contribution in [2.24, 2.45) is 29.3 Å². The molecule has 0 aliphatic carbocycles. The van der Waals surface area contributed by atoms with Gasteiger partial charge in [-0.1, -0.05) is 27.7 Å². The molecule has 0 aromatic carbocycles. The van der Waals surface area contributed by atoms with Crippen LogP contribution >= 0.6 is 0 Å². The fourth-order valence-corrected chi connectivity index (χ4v) is 2.61. The Balaban J connectivity index is 2.79. The lowest BCUT2D eigenvalue weighted by Gasteiger charge is -2.27. The first kappa shape index (κ1) is 17.5. The van der Waals surface area contributed by atoms with E-state index in [4.69, 9.17) is 11.6 Å². The predicted octanol–water partition coefficient (Wildman–Crippen LogP) is 0.740. The molecular formula is C15H28N4O2. The van der Waals surface area contributed by atoms with Gasteiger partial charge in [0.15, 0.2) is 0 Å². The highest BCUT2D eigenvalue weighted by molar-refractivity contribution is 5.89. The molecule has 1 amide bonds. The fourth-order valence-electron chi connectivity index (χ4n) is 2.61. The molecule has 2 unspecified atom stereocenters.